The zero-order chi connectivity index (χ0) is 32.9. The van der Waals surface area contributed by atoms with E-state index in [9.17, 15) is 9.59 Å². The first-order valence-electron chi connectivity index (χ1n) is 15.8. The minimum Gasteiger partial charge on any atom is -0.493 e. The number of aryl methyl sites for hydroxylation is 1. The normalized spacial score (nSPS) is 13.3. The van der Waals surface area contributed by atoms with Gasteiger partial charge >= 0.3 is 0 Å². The fourth-order valence-corrected chi connectivity index (χ4v) is 6.06. The lowest BCUT2D eigenvalue weighted by Crippen LogP contribution is -2.25. The Bertz CT molecular complexity index is 1940. The summed E-state index contributed by atoms with van der Waals surface area (Å²) in [6, 6.07) is 23.2. The number of rotatable bonds is 10. The highest BCUT2D eigenvalue weighted by atomic mass is 16.5. The van der Waals surface area contributed by atoms with E-state index in [1.807, 2.05) is 90.5 Å². The summed E-state index contributed by atoms with van der Waals surface area (Å²) in [5, 5.41) is 0. The first kappa shape index (κ1) is 31.8. The Morgan fingerprint density at radius 3 is 2.21 bits per heavy atom. The van der Waals surface area contributed by atoms with Crippen LogP contribution in [0.25, 0.3) is 33.4 Å². The van der Waals surface area contributed by atoms with E-state index < -0.39 is 0 Å². The number of nitrogens with zero attached hydrogens (tertiary/aromatic N) is 2. The predicted molar refractivity (Wildman–Crippen MR) is 185 cm³/mol. The van der Waals surface area contributed by atoms with Crippen LogP contribution in [0.2, 0.25) is 0 Å². The molecule has 0 saturated carbocycles. The van der Waals surface area contributed by atoms with E-state index in [0.717, 1.165) is 71.5 Å². The Hall–Kier alpha value is -5.21. The molecule has 0 radical (unpaired) electrons. The molecule has 0 unspecified atom stereocenters. The number of ether oxygens (including phenoxy) is 3. The van der Waals surface area contributed by atoms with Crippen molar-refractivity contribution in [2.24, 2.45) is 5.92 Å². The Labute approximate surface area is 274 Å². The topological polar surface area (TPSA) is 106 Å². The zero-order valence-electron chi connectivity index (χ0n) is 27.0. The monoisotopic (exact) mass is 629 g/mol. The van der Waals surface area contributed by atoms with Gasteiger partial charge < -0.3 is 24.5 Å². The molecule has 2 aromatic heterocycles. The third-order valence-corrected chi connectivity index (χ3v) is 8.82. The molecule has 6 rings (SSSR count). The molecule has 0 spiro atoms. The van der Waals surface area contributed by atoms with Crippen LogP contribution in [0, 0.1) is 12.8 Å². The molecule has 240 valence electrons. The van der Waals surface area contributed by atoms with Crippen molar-refractivity contribution in [3.8, 4) is 44.9 Å². The summed E-state index contributed by atoms with van der Waals surface area (Å²) >= 11 is 0. The average molecular weight is 630 g/mol. The highest BCUT2D eigenvalue weighted by Crippen LogP contribution is 2.35. The van der Waals surface area contributed by atoms with Crippen molar-refractivity contribution in [3.05, 3.63) is 118 Å². The summed E-state index contributed by atoms with van der Waals surface area (Å²) in [7, 11) is 3.20. The summed E-state index contributed by atoms with van der Waals surface area (Å²) in [5.74, 6) is 1.88. The van der Waals surface area contributed by atoms with Crippen LogP contribution in [0.1, 0.15) is 34.3 Å². The molecule has 1 aliphatic rings. The number of carbonyl (C=O) groups excluding carboxylic acids is 1. The quantitative estimate of drug-likeness (QED) is 0.166. The number of Topliss-reactive ketones (excluding diaryl/α,β-unsaturated/α-hetero) is 1. The van der Waals surface area contributed by atoms with Crippen molar-refractivity contribution >= 4 is 11.6 Å². The van der Waals surface area contributed by atoms with Gasteiger partial charge in [-0.05, 0) is 66.1 Å². The predicted octanol–water partition coefficient (Wildman–Crippen LogP) is 7.00. The van der Waals surface area contributed by atoms with Gasteiger partial charge in [-0.2, -0.15) is 0 Å². The summed E-state index contributed by atoms with van der Waals surface area (Å²) < 4.78 is 18.4. The Morgan fingerprint density at radius 1 is 0.851 bits per heavy atom. The maximum atomic E-state index is 13.7. The standard InChI is InChI=1S/C39H39N3O5/c1-25-4-8-29(9-5-25)33-23-42(22-27-14-16-47-17-15-27)24-34(38(33)44)35(43)18-26-6-10-28(11-7-26)32-19-31(21-41-39(32)40)30-12-13-36(45-2)37(20-30)46-3/h4-13,19-21,23-24,27H,14-18,22H2,1-3H3,(H2,40,41). The molecule has 3 heterocycles. The highest BCUT2D eigenvalue weighted by Gasteiger charge is 2.20. The van der Waals surface area contributed by atoms with Crippen LogP contribution in [0.3, 0.4) is 0 Å². The van der Waals surface area contributed by atoms with Gasteiger partial charge in [-0.3, -0.25) is 9.59 Å². The van der Waals surface area contributed by atoms with Crippen molar-refractivity contribution in [1.29, 1.82) is 0 Å². The van der Waals surface area contributed by atoms with Crippen LogP contribution in [0.4, 0.5) is 5.82 Å². The highest BCUT2D eigenvalue weighted by molar-refractivity contribution is 5.98. The fourth-order valence-electron chi connectivity index (χ4n) is 6.06. The number of benzene rings is 3. The van der Waals surface area contributed by atoms with Crippen LogP contribution >= 0.6 is 0 Å². The minimum atomic E-state index is -0.246. The molecule has 0 amide bonds. The summed E-state index contributed by atoms with van der Waals surface area (Å²) in [4.78, 5) is 31.9. The van der Waals surface area contributed by atoms with E-state index in [1.165, 1.54) is 0 Å². The molecule has 8 nitrogen and oxygen atoms in total. The van der Waals surface area contributed by atoms with Gasteiger partial charge in [0.05, 0.1) is 19.8 Å². The van der Waals surface area contributed by atoms with Crippen LogP contribution in [0.5, 0.6) is 11.5 Å². The molecule has 0 aliphatic carbocycles. The molecule has 1 saturated heterocycles. The van der Waals surface area contributed by atoms with Gasteiger partial charge in [0, 0.05) is 61.5 Å². The van der Waals surface area contributed by atoms with Crippen molar-refractivity contribution in [3.63, 3.8) is 0 Å². The summed E-state index contributed by atoms with van der Waals surface area (Å²) in [6.07, 6.45) is 7.37. The van der Waals surface area contributed by atoms with Crippen LogP contribution in [0.15, 0.2) is 96.2 Å². The second-order valence-electron chi connectivity index (χ2n) is 12.1. The molecule has 5 aromatic rings. The van der Waals surface area contributed by atoms with Gasteiger partial charge in [-0.25, -0.2) is 4.98 Å². The lowest BCUT2D eigenvalue weighted by Gasteiger charge is -2.23. The van der Waals surface area contributed by atoms with E-state index in [1.54, 1.807) is 26.6 Å². The molecule has 0 atom stereocenters. The van der Waals surface area contributed by atoms with Crippen molar-refractivity contribution in [2.75, 3.05) is 33.2 Å². The number of hydrogen-bond acceptors (Lipinski definition) is 7. The van der Waals surface area contributed by atoms with Crippen LogP contribution in [-0.2, 0) is 17.7 Å². The van der Waals surface area contributed by atoms with E-state index in [0.29, 0.717) is 28.8 Å². The molecule has 2 N–H and O–H groups in total. The fraction of sp³-hybridized carbons (Fsp3) is 0.256. The van der Waals surface area contributed by atoms with Gasteiger partial charge in [0.2, 0.25) is 0 Å². The smallest absolute Gasteiger partial charge is 0.200 e. The molecule has 47 heavy (non-hydrogen) atoms. The first-order chi connectivity index (χ1) is 22.8. The van der Waals surface area contributed by atoms with Gasteiger partial charge in [-0.15, -0.1) is 0 Å². The maximum absolute atomic E-state index is 13.7. The Kier molecular flexibility index (Phi) is 9.50. The number of nitrogen functional groups attached to an aromatic ring is 1. The average Bonchev–Trinajstić information content (AvgIpc) is 3.10. The number of ketones is 1. The molecular formula is C39H39N3O5. The lowest BCUT2D eigenvalue weighted by molar-refractivity contribution is 0.0612. The molecule has 0 bridgehead atoms. The number of methoxy groups -OCH3 is 2. The lowest BCUT2D eigenvalue weighted by atomic mass is 9.96. The van der Waals surface area contributed by atoms with Crippen LogP contribution < -0.4 is 20.6 Å². The molecule has 1 fully saturated rings. The molecule has 8 heteroatoms. The zero-order valence-corrected chi connectivity index (χ0v) is 27.0. The number of pyridine rings is 2. The Balaban J connectivity index is 1.26. The van der Waals surface area contributed by atoms with E-state index in [4.69, 9.17) is 19.9 Å². The maximum Gasteiger partial charge on any atom is 0.200 e. The largest absolute Gasteiger partial charge is 0.493 e. The van der Waals surface area contributed by atoms with Gasteiger partial charge in [0.25, 0.3) is 0 Å². The molecule has 1 aliphatic heterocycles. The van der Waals surface area contributed by atoms with Crippen molar-refractivity contribution in [1.82, 2.24) is 9.55 Å². The number of carbonyl (C=O) groups is 1. The van der Waals surface area contributed by atoms with Crippen molar-refractivity contribution in [2.45, 2.75) is 32.7 Å². The Morgan fingerprint density at radius 2 is 1.51 bits per heavy atom. The third kappa shape index (κ3) is 7.13. The second kappa shape index (κ2) is 14.1. The van der Waals surface area contributed by atoms with Gasteiger partial charge in [0.1, 0.15) is 5.82 Å². The van der Waals surface area contributed by atoms with Crippen LogP contribution in [-0.4, -0.2) is 42.8 Å². The number of nitrogens with two attached hydrogens (primary N) is 1. The van der Waals surface area contributed by atoms with Crippen molar-refractivity contribution < 1.29 is 19.0 Å². The molecule has 3 aromatic carbocycles. The minimum absolute atomic E-state index is 0.101. The SMILES string of the molecule is COc1ccc(-c2cnc(N)c(-c3ccc(CC(=O)c4cn(CC5CCOCC5)cc(-c5ccc(C)cc5)c4=O)cc3)c2)cc1OC. The number of anilines is 1. The van der Waals surface area contributed by atoms with E-state index in [-0.39, 0.29) is 23.2 Å². The third-order valence-electron chi connectivity index (χ3n) is 8.82. The number of hydrogen-bond donors (Lipinski definition) is 1. The summed E-state index contributed by atoms with van der Waals surface area (Å²) in [5.41, 5.74) is 13.0. The summed E-state index contributed by atoms with van der Waals surface area (Å²) in [6.45, 7) is 4.22. The van der Waals surface area contributed by atoms with Gasteiger partial charge in [-0.1, -0.05) is 60.2 Å². The number of aromatic nitrogens is 2. The van der Waals surface area contributed by atoms with E-state index >= 15 is 0 Å². The second-order valence-corrected chi connectivity index (χ2v) is 12.1. The first-order valence-corrected chi connectivity index (χ1v) is 15.8. The molecular weight excluding hydrogens is 590 g/mol. The van der Waals surface area contributed by atoms with E-state index in [2.05, 4.69) is 4.98 Å². The van der Waals surface area contributed by atoms with Gasteiger partial charge in [0.15, 0.2) is 22.7 Å².